The highest BCUT2D eigenvalue weighted by Crippen LogP contribution is 2.46. The molecule has 0 saturated carbocycles. The van der Waals surface area contributed by atoms with E-state index in [-0.39, 0.29) is 12.0 Å². The van der Waals surface area contributed by atoms with Crippen LogP contribution in [-0.2, 0) is 20.2 Å². The second kappa shape index (κ2) is 8.90. The molecule has 0 amide bonds. The van der Waals surface area contributed by atoms with Gasteiger partial charge in [0.25, 0.3) is 5.89 Å². The molecule has 174 valence electrons. The third-order valence-corrected chi connectivity index (χ3v) is 6.38. The molecular weight excluding hydrogens is 420 g/mol. The van der Waals surface area contributed by atoms with Crippen molar-refractivity contribution in [2.45, 2.75) is 64.1 Å². The Morgan fingerprint density at radius 1 is 1.22 bits per heavy atom. The SMILES string of the molecule is CC(C)CCC(CC(F)(F)c1nc2ccccc2o1)C1=C(C(=O)O)CC2(CC1)OCCO2. The molecule has 1 N–H and O–H groups in total. The Morgan fingerprint density at radius 2 is 1.94 bits per heavy atom. The topological polar surface area (TPSA) is 81.8 Å². The zero-order valence-corrected chi connectivity index (χ0v) is 18.4. The minimum atomic E-state index is -3.33. The Balaban J connectivity index is 1.65. The minimum Gasteiger partial charge on any atom is -0.478 e. The maximum atomic E-state index is 15.4. The predicted octanol–water partition coefficient (Wildman–Crippen LogP) is 5.67. The van der Waals surface area contributed by atoms with Crippen LogP contribution in [0, 0.1) is 11.8 Å². The van der Waals surface area contributed by atoms with E-state index >= 15 is 8.78 Å². The van der Waals surface area contributed by atoms with Gasteiger partial charge in [0.15, 0.2) is 11.4 Å². The fourth-order valence-corrected chi connectivity index (χ4v) is 4.71. The highest BCUT2D eigenvalue weighted by Gasteiger charge is 2.46. The average Bonchev–Trinajstić information content (AvgIpc) is 3.38. The van der Waals surface area contributed by atoms with Gasteiger partial charge in [-0.3, -0.25) is 0 Å². The number of carboxylic acids is 1. The minimum absolute atomic E-state index is 0.0737. The summed E-state index contributed by atoms with van der Waals surface area (Å²) in [6.45, 7) is 4.88. The first-order valence-corrected chi connectivity index (χ1v) is 11.2. The summed E-state index contributed by atoms with van der Waals surface area (Å²) in [5.41, 5.74) is 1.39. The van der Waals surface area contributed by atoms with E-state index < -0.39 is 35.9 Å². The van der Waals surface area contributed by atoms with Gasteiger partial charge in [-0.1, -0.05) is 38.0 Å². The van der Waals surface area contributed by atoms with Crippen LogP contribution in [0.4, 0.5) is 8.78 Å². The number of benzene rings is 1. The van der Waals surface area contributed by atoms with Gasteiger partial charge in [0.1, 0.15) is 5.52 Å². The van der Waals surface area contributed by atoms with Gasteiger partial charge in [0.2, 0.25) is 0 Å². The van der Waals surface area contributed by atoms with Crippen LogP contribution in [0.3, 0.4) is 0 Å². The molecule has 0 bridgehead atoms. The van der Waals surface area contributed by atoms with E-state index in [1.165, 1.54) is 0 Å². The molecule has 4 rings (SSSR count). The number of ether oxygens (including phenoxy) is 2. The number of para-hydroxylation sites is 2. The zero-order chi connectivity index (χ0) is 22.9. The molecule has 2 aromatic rings. The van der Waals surface area contributed by atoms with Crippen molar-refractivity contribution in [2.75, 3.05) is 13.2 Å². The van der Waals surface area contributed by atoms with Crippen molar-refractivity contribution in [1.29, 1.82) is 0 Å². The van der Waals surface area contributed by atoms with Crippen molar-refractivity contribution in [1.82, 2.24) is 4.98 Å². The molecule has 1 unspecified atom stereocenters. The monoisotopic (exact) mass is 449 g/mol. The van der Waals surface area contributed by atoms with Gasteiger partial charge in [-0.15, -0.1) is 0 Å². The number of alkyl halides is 2. The molecule has 1 aliphatic carbocycles. The van der Waals surface area contributed by atoms with Crippen LogP contribution in [-0.4, -0.2) is 35.1 Å². The average molecular weight is 449 g/mol. The van der Waals surface area contributed by atoms with Gasteiger partial charge < -0.3 is 19.0 Å². The molecule has 1 aliphatic heterocycles. The largest absolute Gasteiger partial charge is 0.478 e. The van der Waals surface area contributed by atoms with Gasteiger partial charge in [-0.25, -0.2) is 9.78 Å². The summed E-state index contributed by atoms with van der Waals surface area (Å²) in [5, 5.41) is 9.90. The number of hydrogen-bond acceptors (Lipinski definition) is 5. The number of allylic oxidation sites excluding steroid dienone is 1. The number of carboxylic acid groups (broad SMARTS) is 1. The number of fused-ring (bicyclic) bond motifs is 1. The summed E-state index contributed by atoms with van der Waals surface area (Å²) < 4.78 is 47.5. The molecule has 6 nitrogen and oxygen atoms in total. The first kappa shape index (κ1) is 22.9. The van der Waals surface area contributed by atoms with Gasteiger partial charge in [-0.05, 0) is 36.8 Å². The Bertz CT molecular complexity index is 974. The first-order chi connectivity index (χ1) is 15.2. The molecule has 1 spiro atoms. The second-order valence-electron chi connectivity index (χ2n) is 9.16. The van der Waals surface area contributed by atoms with Crippen LogP contribution >= 0.6 is 0 Å². The van der Waals surface area contributed by atoms with Gasteiger partial charge in [-0.2, -0.15) is 8.78 Å². The molecular formula is C24H29F2NO5. The molecule has 2 heterocycles. The van der Waals surface area contributed by atoms with Gasteiger partial charge in [0.05, 0.1) is 13.2 Å². The van der Waals surface area contributed by atoms with Crippen LogP contribution in [0.25, 0.3) is 11.1 Å². The Hall–Kier alpha value is -2.32. The third-order valence-electron chi connectivity index (χ3n) is 6.38. The number of carbonyl (C=O) groups is 1. The normalized spacial score (nSPS) is 19.9. The number of aromatic nitrogens is 1. The van der Waals surface area contributed by atoms with Crippen molar-refractivity contribution in [3.05, 3.63) is 41.3 Å². The highest BCUT2D eigenvalue weighted by atomic mass is 19.3. The molecule has 1 atom stereocenters. The van der Waals surface area contributed by atoms with Crippen molar-refractivity contribution in [2.24, 2.45) is 11.8 Å². The lowest BCUT2D eigenvalue weighted by Gasteiger charge is -2.36. The molecule has 2 aliphatic rings. The lowest BCUT2D eigenvalue weighted by molar-refractivity contribution is -0.168. The molecule has 1 saturated heterocycles. The number of halogens is 2. The molecule has 0 radical (unpaired) electrons. The lowest BCUT2D eigenvalue weighted by Crippen LogP contribution is -2.37. The lowest BCUT2D eigenvalue weighted by atomic mass is 9.76. The third kappa shape index (κ3) is 4.71. The summed E-state index contributed by atoms with van der Waals surface area (Å²) in [4.78, 5) is 16.1. The van der Waals surface area contributed by atoms with Crippen LogP contribution in [0.2, 0.25) is 0 Å². The maximum absolute atomic E-state index is 15.4. The Kier molecular flexibility index (Phi) is 6.36. The van der Waals surface area contributed by atoms with Crippen molar-refractivity contribution < 1.29 is 32.6 Å². The molecule has 1 aromatic heterocycles. The molecule has 8 heteroatoms. The van der Waals surface area contributed by atoms with E-state index in [1.54, 1.807) is 24.3 Å². The van der Waals surface area contributed by atoms with E-state index in [4.69, 9.17) is 13.9 Å². The Morgan fingerprint density at radius 3 is 2.59 bits per heavy atom. The van der Waals surface area contributed by atoms with Crippen LogP contribution in [0.15, 0.2) is 39.8 Å². The maximum Gasteiger partial charge on any atom is 0.331 e. The smallest absolute Gasteiger partial charge is 0.331 e. The highest BCUT2D eigenvalue weighted by molar-refractivity contribution is 5.88. The van der Waals surface area contributed by atoms with E-state index in [2.05, 4.69) is 4.98 Å². The summed E-state index contributed by atoms with van der Waals surface area (Å²) >= 11 is 0. The number of oxazole rings is 1. The van der Waals surface area contributed by atoms with E-state index in [0.29, 0.717) is 61.5 Å². The van der Waals surface area contributed by atoms with Crippen LogP contribution in [0.1, 0.15) is 58.3 Å². The molecule has 1 fully saturated rings. The summed E-state index contributed by atoms with van der Waals surface area (Å²) in [6, 6.07) is 6.65. The molecule has 32 heavy (non-hydrogen) atoms. The predicted molar refractivity (Wildman–Crippen MR) is 113 cm³/mol. The summed E-state index contributed by atoms with van der Waals surface area (Å²) in [6.07, 6.45) is 1.52. The molecule has 1 aromatic carbocycles. The summed E-state index contributed by atoms with van der Waals surface area (Å²) in [7, 11) is 0. The van der Waals surface area contributed by atoms with Gasteiger partial charge >= 0.3 is 11.9 Å². The van der Waals surface area contributed by atoms with Crippen LogP contribution in [0.5, 0.6) is 0 Å². The van der Waals surface area contributed by atoms with Crippen molar-refractivity contribution in [3.63, 3.8) is 0 Å². The number of nitrogens with zero attached hydrogens (tertiary/aromatic N) is 1. The van der Waals surface area contributed by atoms with E-state index in [9.17, 15) is 9.90 Å². The van der Waals surface area contributed by atoms with Gasteiger partial charge in [0, 0.05) is 24.8 Å². The Labute approximate surface area is 185 Å². The van der Waals surface area contributed by atoms with Crippen molar-refractivity contribution >= 4 is 17.1 Å². The number of hydrogen-bond donors (Lipinski definition) is 1. The van der Waals surface area contributed by atoms with Crippen LogP contribution < -0.4 is 0 Å². The van der Waals surface area contributed by atoms with E-state index in [1.807, 2.05) is 13.8 Å². The van der Waals surface area contributed by atoms with E-state index in [0.717, 1.165) is 0 Å². The quantitative estimate of drug-likeness (QED) is 0.559. The number of rotatable bonds is 8. The number of aliphatic carboxylic acids is 1. The zero-order valence-electron chi connectivity index (χ0n) is 18.4. The fourth-order valence-electron chi connectivity index (χ4n) is 4.71. The first-order valence-electron chi connectivity index (χ1n) is 11.2. The standard InChI is InChI=1S/C24H29F2NO5/c1-15(2)7-8-16(13-24(25,26)22-27-19-5-3-4-6-20(19)32-22)17-9-10-23(30-11-12-31-23)14-18(17)21(28)29/h3-6,15-16H,7-14H2,1-2H3,(H,28,29). The second-order valence-corrected chi connectivity index (χ2v) is 9.16. The summed E-state index contributed by atoms with van der Waals surface area (Å²) in [5.74, 6) is -6.29. The fraction of sp³-hybridized carbons (Fsp3) is 0.583. The van der Waals surface area contributed by atoms with Crippen molar-refractivity contribution in [3.8, 4) is 0 Å².